The third-order valence-electron chi connectivity index (χ3n) is 10.0. The van der Waals surface area contributed by atoms with Crippen molar-refractivity contribution >= 4 is 43.1 Å². The fourth-order valence-electron chi connectivity index (χ4n) is 8.04. The summed E-state index contributed by atoms with van der Waals surface area (Å²) < 4.78 is 0. The van der Waals surface area contributed by atoms with Gasteiger partial charge in [0.1, 0.15) is 0 Å². The molecule has 0 heterocycles. The van der Waals surface area contributed by atoms with Crippen molar-refractivity contribution in [2.24, 2.45) is 0 Å². The lowest BCUT2D eigenvalue weighted by Gasteiger charge is -2.20. The van der Waals surface area contributed by atoms with E-state index in [1.807, 2.05) is 0 Å². The molecular formula is C46H28. The lowest BCUT2D eigenvalue weighted by Crippen LogP contribution is -1.93. The molecule has 0 aliphatic heterocycles. The second kappa shape index (κ2) is 9.76. The number of rotatable bonds is 3. The molecule has 0 nitrogen and oxygen atoms in total. The minimum Gasteiger partial charge on any atom is -0.0616 e. The van der Waals surface area contributed by atoms with Gasteiger partial charge in [-0.1, -0.05) is 170 Å². The third-order valence-corrected chi connectivity index (χ3v) is 10.0. The number of hydrogen-bond acceptors (Lipinski definition) is 0. The van der Waals surface area contributed by atoms with Crippen LogP contribution in [-0.4, -0.2) is 0 Å². The van der Waals surface area contributed by atoms with Crippen LogP contribution in [0.5, 0.6) is 0 Å². The van der Waals surface area contributed by atoms with E-state index in [1.165, 1.54) is 98.7 Å². The van der Waals surface area contributed by atoms with Crippen molar-refractivity contribution in [3.05, 3.63) is 170 Å². The van der Waals surface area contributed by atoms with Crippen LogP contribution in [0.4, 0.5) is 0 Å². The van der Waals surface area contributed by atoms with Crippen molar-refractivity contribution in [3.8, 4) is 55.6 Å². The van der Waals surface area contributed by atoms with Gasteiger partial charge in [0.05, 0.1) is 0 Å². The molecule has 1 aliphatic carbocycles. The minimum atomic E-state index is 1.25. The van der Waals surface area contributed by atoms with E-state index in [1.54, 1.807) is 0 Å². The van der Waals surface area contributed by atoms with Gasteiger partial charge in [0, 0.05) is 0 Å². The maximum absolute atomic E-state index is 2.34. The highest BCUT2D eigenvalue weighted by Crippen LogP contribution is 2.53. The van der Waals surface area contributed by atoms with Crippen molar-refractivity contribution in [2.75, 3.05) is 0 Å². The molecule has 1 aliphatic rings. The molecule has 0 heteroatoms. The molecule has 212 valence electrons. The van der Waals surface area contributed by atoms with Crippen molar-refractivity contribution in [1.29, 1.82) is 0 Å². The van der Waals surface area contributed by atoms with Crippen molar-refractivity contribution in [3.63, 3.8) is 0 Å². The zero-order valence-corrected chi connectivity index (χ0v) is 25.2. The Hall–Kier alpha value is -5.98. The number of benzene rings is 9. The second-order valence-electron chi connectivity index (χ2n) is 12.4. The van der Waals surface area contributed by atoms with E-state index >= 15 is 0 Å². The van der Waals surface area contributed by atoms with E-state index in [9.17, 15) is 0 Å². The van der Waals surface area contributed by atoms with Crippen LogP contribution in [-0.2, 0) is 0 Å². The topological polar surface area (TPSA) is 0 Å². The molecular weight excluding hydrogens is 553 g/mol. The summed E-state index contributed by atoms with van der Waals surface area (Å²) >= 11 is 0. The molecule has 0 amide bonds. The molecule has 0 radical (unpaired) electrons. The Bertz CT molecular complexity index is 2690. The molecule has 0 aromatic heterocycles. The first-order valence-corrected chi connectivity index (χ1v) is 16.0. The van der Waals surface area contributed by atoms with Gasteiger partial charge in [0.2, 0.25) is 0 Å². The minimum absolute atomic E-state index is 1.25. The van der Waals surface area contributed by atoms with Crippen molar-refractivity contribution < 1.29 is 0 Å². The Balaban J connectivity index is 1.30. The molecule has 9 aromatic rings. The van der Waals surface area contributed by atoms with Gasteiger partial charge in [-0.15, -0.1) is 0 Å². The summed E-state index contributed by atoms with van der Waals surface area (Å²) in [6.45, 7) is 0. The van der Waals surface area contributed by atoms with Gasteiger partial charge < -0.3 is 0 Å². The molecule has 0 atom stereocenters. The highest BCUT2D eigenvalue weighted by Gasteiger charge is 2.26. The van der Waals surface area contributed by atoms with Crippen LogP contribution in [0.25, 0.3) is 98.7 Å². The Morgan fingerprint density at radius 3 is 1.46 bits per heavy atom. The molecule has 46 heavy (non-hydrogen) atoms. The highest BCUT2D eigenvalue weighted by molar-refractivity contribution is 6.21. The molecule has 0 spiro atoms. The quantitative estimate of drug-likeness (QED) is 0.182. The molecule has 0 fully saturated rings. The SMILES string of the molecule is c1ccc(-c2ccc3cccc4c3c2-c2ccccc2-4)c(-c2ccc3ccccc3c2-c2cccc3c2ccc2ccccc23)c1. The molecule has 0 bridgehead atoms. The van der Waals surface area contributed by atoms with Gasteiger partial charge in [-0.05, 0) is 98.7 Å². The van der Waals surface area contributed by atoms with Crippen LogP contribution in [0.3, 0.4) is 0 Å². The average Bonchev–Trinajstić information content (AvgIpc) is 3.47. The molecule has 0 saturated carbocycles. The number of hydrogen-bond donors (Lipinski definition) is 0. The fourth-order valence-corrected chi connectivity index (χ4v) is 8.04. The highest BCUT2D eigenvalue weighted by atomic mass is 14.3. The van der Waals surface area contributed by atoms with Crippen LogP contribution in [0.2, 0.25) is 0 Å². The van der Waals surface area contributed by atoms with E-state index in [2.05, 4.69) is 170 Å². The monoisotopic (exact) mass is 580 g/mol. The first kappa shape index (κ1) is 25.4. The Kier molecular flexibility index (Phi) is 5.38. The summed E-state index contributed by atoms with van der Waals surface area (Å²) in [5.74, 6) is 0. The zero-order valence-electron chi connectivity index (χ0n) is 25.2. The van der Waals surface area contributed by atoms with Gasteiger partial charge in [-0.25, -0.2) is 0 Å². The molecule has 9 aromatic carbocycles. The van der Waals surface area contributed by atoms with Gasteiger partial charge in [0.25, 0.3) is 0 Å². The molecule has 0 saturated heterocycles. The van der Waals surface area contributed by atoms with Crippen LogP contribution in [0.15, 0.2) is 170 Å². The van der Waals surface area contributed by atoms with E-state index in [0.29, 0.717) is 0 Å². The predicted molar refractivity (Wildman–Crippen MR) is 197 cm³/mol. The van der Waals surface area contributed by atoms with Crippen LogP contribution in [0.1, 0.15) is 0 Å². The van der Waals surface area contributed by atoms with E-state index in [0.717, 1.165) is 0 Å². The summed E-state index contributed by atoms with van der Waals surface area (Å²) in [6.07, 6.45) is 0. The van der Waals surface area contributed by atoms with Crippen LogP contribution in [0, 0.1) is 0 Å². The van der Waals surface area contributed by atoms with Crippen molar-refractivity contribution in [2.45, 2.75) is 0 Å². The van der Waals surface area contributed by atoms with Gasteiger partial charge in [-0.3, -0.25) is 0 Å². The normalized spacial score (nSPS) is 11.9. The summed E-state index contributed by atoms with van der Waals surface area (Å²) in [5, 5.41) is 10.3. The molecule has 0 unspecified atom stereocenters. The van der Waals surface area contributed by atoms with Gasteiger partial charge >= 0.3 is 0 Å². The smallest absolute Gasteiger partial charge is 0.00141 e. The van der Waals surface area contributed by atoms with E-state index in [-0.39, 0.29) is 0 Å². The second-order valence-corrected chi connectivity index (χ2v) is 12.4. The summed E-state index contributed by atoms with van der Waals surface area (Å²) in [5.41, 5.74) is 12.9. The van der Waals surface area contributed by atoms with Gasteiger partial charge in [0.15, 0.2) is 0 Å². The summed E-state index contributed by atoms with van der Waals surface area (Å²) in [7, 11) is 0. The summed E-state index contributed by atoms with van der Waals surface area (Å²) in [4.78, 5) is 0. The van der Waals surface area contributed by atoms with E-state index < -0.39 is 0 Å². The Morgan fingerprint density at radius 1 is 0.196 bits per heavy atom. The number of fused-ring (bicyclic) bond motifs is 7. The fraction of sp³-hybridized carbons (Fsp3) is 0. The Labute approximate surface area is 267 Å². The lowest BCUT2D eigenvalue weighted by atomic mass is 9.83. The summed E-state index contributed by atoms with van der Waals surface area (Å²) in [6, 6.07) is 62.8. The largest absolute Gasteiger partial charge is 0.0616 e. The van der Waals surface area contributed by atoms with Crippen LogP contribution < -0.4 is 0 Å². The maximum Gasteiger partial charge on any atom is -0.00141 e. The molecule has 0 N–H and O–H groups in total. The first-order chi connectivity index (χ1) is 22.8. The molecule has 10 rings (SSSR count). The zero-order chi connectivity index (χ0) is 30.2. The first-order valence-electron chi connectivity index (χ1n) is 16.0. The maximum atomic E-state index is 2.34. The third kappa shape index (κ3) is 3.56. The Morgan fingerprint density at radius 2 is 0.674 bits per heavy atom. The lowest BCUT2D eigenvalue weighted by molar-refractivity contribution is 1.60. The van der Waals surface area contributed by atoms with Crippen molar-refractivity contribution in [1.82, 2.24) is 0 Å². The van der Waals surface area contributed by atoms with Gasteiger partial charge in [-0.2, -0.15) is 0 Å². The van der Waals surface area contributed by atoms with E-state index in [4.69, 9.17) is 0 Å². The average molecular weight is 581 g/mol. The van der Waals surface area contributed by atoms with Crippen LogP contribution >= 0.6 is 0 Å². The standard InChI is InChI=1S/C46H28/c1-3-14-32-29(11-1)23-26-38-34(32)20-10-22-40(38)45-33-15-4-2-12-30(33)24-27-42(45)35-16-5-6-17-36(35)43-28-25-31-13-9-21-39-37-18-7-8-19-41(37)46(43)44(31)39/h1-28H. The predicted octanol–water partition coefficient (Wildman–Crippen LogP) is 12.9.